The van der Waals surface area contributed by atoms with Crippen LogP contribution < -0.4 is 5.32 Å². The Morgan fingerprint density at radius 3 is 2.96 bits per heavy atom. The second-order valence-corrected chi connectivity index (χ2v) is 7.81. The van der Waals surface area contributed by atoms with E-state index in [-0.39, 0.29) is 12.0 Å². The molecule has 0 saturated carbocycles. The number of rotatable bonds is 6. The Bertz CT molecular complexity index is 754. The van der Waals surface area contributed by atoms with E-state index in [1.54, 1.807) is 0 Å². The summed E-state index contributed by atoms with van der Waals surface area (Å²) in [5, 5.41) is 13.9. The molecule has 150 valence electrons. The van der Waals surface area contributed by atoms with Crippen LogP contribution in [0.3, 0.4) is 0 Å². The third-order valence-electron chi connectivity index (χ3n) is 6.05. The van der Waals surface area contributed by atoms with Gasteiger partial charge in [0.15, 0.2) is 5.76 Å². The number of allylic oxidation sites excluding steroid dienone is 4. The highest BCUT2D eigenvalue weighted by molar-refractivity contribution is 5.42. The largest absolute Gasteiger partial charge is 0.393 e. The first-order valence-electron chi connectivity index (χ1n) is 10.3. The highest BCUT2D eigenvalue weighted by Crippen LogP contribution is 2.33. The lowest BCUT2D eigenvalue weighted by Gasteiger charge is -2.40. The van der Waals surface area contributed by atoms with Gasteiger partial charge in [0.1, 0.15) is 6.61 Å². The molecule has 1 aromatic rings. The van der Waals surface area contributed by atoms with Crippen LogP contribution in [0.15, 0.2) is 65.5 Å². The molecule has 3 aliphatic rings. The number of aliphatic hydroxyl groups is 1. The van der Waals surface area contributed by atoms with Crippen molar-refractivity contribution in [3.8, 4) is 0 Å². The first kappa shape index (κ1) is 19.4. The Labute approximate surface area is 167 Å². The summed E-state index contributed by atoms with van der Waals surface area (Å²) in [7, 11) is 0. The van der Waals surface area contributed by atoms with Crippen molar-refractivity contribution in [1.82, 2.24) is 10.2 Å². The second kappa shape index (κ2) is 9.05. The van der Waals surface area contributed by atoms with Gasteiger partial charge in [0.2, 0.25) is 0 Å². The second-order valence-electron chi connectivity index (χ2n) is 7.81. The van der Waals surface area contributed by atoms with E-state index in [9.17, 15) is 5.11 Å². The zero-order valence-corrected chi connectivity index (χ0v) is 16.5. The SMILES string of the molecule is CC(O)C(CCN1CCNCC1C1=C2CC=CC=C2OOC1)c1ccccc1. The number of aliphatic hydroxyl groups excluding tert-OH is 1. The molecule has 0 bridgehead atoms. The molecule has 0 amide bonds. The van der Waals surface area contributed by atoms with Gasteiger partial charge in [-0.05, 0) is 43.5 Å². The number of piperazine rings is 1. The first-order valence-corrected chi connectivity index (χ1v) is 10.3. The monoisotopic (exact) mass is 382 g/mol. The quantitative estimate of drug-likeness (QED) is 0.741. The summed E-state index contributed by atoms with van der Waals surface area (Å²) >= 11 is 0. The summed E-state index contributed by atoms with van der Waals surface area (Å²) in [6.07, 6.45) is 7.64. The van der Waals surface area contributed by atoms with Crippen LogP contribution in [0.5, 0.6) is 0 Å². The molecule has 4 rings (SSSR count). The zero-order valence-electron chi connectivity index (χ0n) is 16.5. The Kier molecular flexibility index (Phi) is 6.27. The van der Waals surface area contributed by atoms with Crippen LogP contribution in [0.1, 0.15) is 31.2 Å². The zero-order chi connectivity index (χ0) is 19.3. The average Bonchev–Trinajstić information content (AvgIpc) is 2.74. The maximum atomic E-state index is 10.4. The summed E-state index contributed by atoms with van der Waals surface area (Å²) in [6, 6.07) is 10.7. The molecule has 5 nitrogen and oxygen atoms in total. The Morgan fingerprint density at radius 1 is 1.29 bits per heavy atom. The van der Waals surface area contributed by atoms with E-state index in [1.165, 1.54) is 16.7 Å². The Morgan fingerprint density at radius 2 is 2.14 bits per heavy atom. The number of hydrogen-bond acceptors (Lipinski definition) is 5. The lowest BCUT2D eigenvalue weighted by Crippen LogP contribution is -2.53. The smallest absolute Gasteiger partial charge is 0.169 e. The third kappa shape index (κ3) is 4.23. The van der Waals surface area contributed by atoms with Gasteiger partial charge in [-0.1, -0.05) is 42.5 Å². The molecule has 3 unspecified atom stereocenters. The molecular weight excluding hydrogens is 352 g/mol. The minimum Gasteiger partial charge on any atom is -0.393 e. The van der Waals surface area contributed by atoms with Crippen molar-refractivity contribution in [2.75, 3.05) is 32.8 Å². The fourth-order valence-electron chi connectivity index (χ4n) is 4.50. The van der Waals surface area contributed by atoms with Crippen molar-refractivity contribution >= 4 is 0 Å². The molecule has 0 spiro atoms. The fraction of sp³-hybridized carbons (Fsp3) is 0.478. The Hall–Kier alpha value is -1.92. The van der Waals surface area contributed by atoms with E-state index in [0.29, 0.717) is 12.6 Å². The first-order chi connectivity index (χ1) is 13.7. The summed E-state index contributed by atoms with van der Waals surface area (Å²) < 4.78 is 0. The fourth-order valence-corrected chi connectivity index (χ4v) is 4.50. The number of benzene rings is 1. The van der Waals surface area contributed by atoms with Gasteiger partial charge in [0, 0.05) is 37.2 Å². The van der Waals surface area contributed by atoms with Crippen molar-refractivity contribution < 1.29 is 14.9 Å². The number of hydrogen-bond donors (Lipinski definition) is 2. The van der Waals surface area contributed by atoms with E-state index in [4.69, 9.17) is 9.78 Å². The molecule has 3 atom stereocenters. The summed E-state index contributed by atoms with van der Waals surface area (Å²) in [5.41, 5.74) is 3.80. The van der Waals surface area contributed by atoms with Gasteiger partial charge in [-0.15, -0.1) is 0 Å². The van der Waals surface area contributed by atoms with Crippen LogP contribution in [0, 0.1) is 0 Å². The summed E-state index contributed by atoms with van der Waals surface area (Å²) in [5.74, 6) is 0.994. The summed E-state index contributed by atoms with van der Waals surface area (Å²) in [4.78, 5) is 13.4. The van der Waals surface area contributed by atoms with Gasteiger partial charge >= 0.3 is 0 Å². The van der Waals surface area contributed by atoms with Crippen LogP contribution in [0.25, 0.3) is 0 Å². The van der Waals surface area contributed by atoms with Gasteiger partial charge in [-0.3, -0.25) is 4.90 Å². The number of nitrogens with zero attached hydrogens (tertiary/aromatic N) is 1. The normalized spacial score (nSPS) is 24.9. The minimum atomic E-state index is -0.366. The van der Waals surface area contributed by atoms with E-state index in [2.05, 4.69) is 40.6 Å². The van der Waals surface area contributed by atoms with Crippen molar-refractivity contribution in [3.05, 3.63) is 71.0 Å². The van der Waals surface area contributed by atoms with Crippen molar-refractivity contribution in [2.24, 2.45) is 0 Å². The topological polar surface area (TPSA) is 54.0 Å². The van der Waals surface area contributed by atoms with E-state index >= 15 is 0 Å². The highest BCUT2D eigenvalue weighted by atomic mass is 17.2. The van der Waals surface area contributed by atoms with Gasteiger partial charge in [0.05, 0.1) is 6.10 Å². The molecule has 1 fully saturated rings. The molecule has 5 heteroatoms. The molecule has 0 radical (unpaired) electrons. The van der Waals surface area contributed by atoms with Crippen molar-refractivity contribution in [1.29, 1.82) is 0 Å². The highest BCUT2D eigenvalue weighted by Gasteiger charge is 2.32. The van der Waals surface area contributed by atoms with Crippen LogP contribution in [0.2, 0.25) is 0 Å². The molecule has 2 aliphatic heterocycles. The molecule has 1 aromatic carbocycles. The third-order valence-corrected chi connectivity index (χ3v) is 6.05. The van der Waals surface area contributed by atoms with E-state index in [1.807, 2.05) is 25.1 Å². The predicted molar refractivity (Wildman–Crippen MR) is 110 cm³/mol. The van der Waals surface area contributed by atoms with Crippen molar-refractivity contribution in [3.63, 3.8) is 0 Å². The lowest BCUT2D eigenvalue weighted by atomic mass is 9.89. The van der Waals surface area contributed by atoms with Crippen LogP contribution in [0.4, 0.5) is 0 Å². The molecule has 0 aromatic heterocycles. The maximum absolute atomic E-state index is 10.4. The van der Waals surface area contributed by atoms with Gasteiger partial charge in [-0.2, -0.15) is 4.89 Å². The molecule has 1 saturated heterocycles. The van der Waals surface area contributed by atoms with Gasteiger partial charge in [-0.25, -0.2) is 0 Å². The molecule has 28 heavy (non-hydrogen) atoms. The van der Waals surface area contributed by atoms with Gasteiger partial charge < -0.3 is 15.3 Å². The van der Waals surface area contributed by atoms with E-state index < -0.39 is 0 Å². The van der Waals surface area contributed by atoms with Gasteiger partial charge in [0.25, 0.3) is 0 Å². The predicted octanol–water partition coefficient (Wildman–Crippen LogP) is 2.92. The maximum Gasteiger partial charge on any atom is 0.169 e. The molecular formula is C23H30N2O3. The standard InChI is InChI=1S/C23H30N2O3/c1-17(26)19(18-7-3-2-4-8-18)11-13-25-14-12-24-15-22(25)21-16-27-28-23-10-6-5-9-20(21)23/h2-8,10,17,19,22,24,26H,9,11-16H2,1H3. The minimum absolute atomic E-state index is 0.147. The number of nitrogens with one attached hydrogen (secondary N) is 1. The summed E-state index contributed by atoms with van der Waals surface area (Å²) in [6.45, 7) is 6.27. The number of fused-ring (bicyclic) bond motifs is 1. The molecule has 1 aliphatic carbocycles. The molecule has 2 N–H and O–H groups in total. The average molecular weight is 383 g/mol. The molecule has 2 heterocycles. The Balaban J connectivity index is 1.51. The van der Waals surface area contributed by atoms with Crippen LogP contribution >= 0.6 is 0 Å². The van der Waals surface area contributed by atoms with Crippen LogP contribution in [-0.4, -0.2) is 54.9 Å². The van der Waals surface area contributed by atoms with Crippen molar-refractivity contribution in [2.45, 2.75) is 37.8 Å². The van der Waals surface area contributed by atoms with Crippen LogP contribution in [-0.2, 0) is 9.78 Å². The van der Waals surface area contributed by atoms with E-state index in [0.717, 1.165) is 44.8 Å². The lowest BCUT2D eigenvalue weighted by molar-refractivity contribution is -0.260.